The Morgan fingerprint density at radius 1 is 0.627 bits per heavy atom. The third-order valence-corrected chi connectivity index (χ3v) is 9.01. The van der Waals surface area contributed by atoms with E-state index in [0.717, 1.165) is 6.42 Å². The standard InChI is InChI=1S/C27H44NO7P.C15H32/c1-2-3-4-5-6-7-8-9-10-11-12-13-14-15-16-17-18-19-20-21-26(31)27(22-28)35-36(32,33)34-24-25(30)23-29;1-3-5-7-9-11-13-15-14-12-10-8-6-4-2/h10-21,25,27,29-30H,2-9,22-24,28H2,1H3,(H,32,33);3-15H2,1-2H3. The molecular formula is C42H76NO7P. The molecular weight excluding hydrogens is 661 g/mol. The summed E-state index contributed by atoms with van der Waals surface area (Å²) in [4.78, 5) is 21.7. The summed E-state index contributed by atoms with van der Waals surface area (Å²) in [7, 11) is -4.62. The number of phosphoric acid groups is 1. The maximum absolute atomic E-state index is 12.1. The molecule has 0 aliphatic rings. The normalized spacial score (nSPS) is 14.7. The summed E-state index contributed by atoms with van der Waals surface area (Å²) in [5.41, 5.74) is 5.43. The van der Waals surface area contributed by atoms with Crippen LogP contribution in [0.1, 0.15) is 156 Å². The molecule has 0 saturated heterocycles. The Balaban J connectivity index is 0. The van der Waals surface area contributed by atoms with E-state index in [2.05, 4.69) is 37.4 Å². The third kappa shape index (κ3) is 40.7. The van der Waals surface area contributed by atoms with Crippen LogP contribution in [0.25, 0.3) is 0 Å². The van der Waals surface area contributed by atoms with Crippen molar-refractivity contribution in [3.8, 4) is 0 Å². The number of hydrogen-bond donors (Lipinski definition) is 4. The minimum Gasteiger partial charge on any atom is -0.394 e. The van der Waals surface area contributed by atoms with Gasteiger partial charge in [-0.1, -0.05) is 210 Å². The Bertz CT molecular complexity index is 978. The van der Waals surface area contributed by atoms with Gasteiger partial charge in [-0.05, 0) is 18.9 Å². The Morgan fingerprint density at radius 3 is 1.39 bits per heavy atom. The highest BCUT2D eigenvalue weighted by atomic mass is 31.2. The number of allylic oxidation sites excluding steroid dienone is 11. The van der Waals surface area contributed by atoms with Crippen molar-refractivity contribution in [2.24, 2.45) is 5.73 Å². The van der Waals surface area contributed by atoms with Crippen molar-refractivity contribution in [2.45, 2.75) is 168 Å². The van der Waals surface area contributed by atoms with Gasteiger partial charge in [0.15, 0.2) is 5.78 Å². The van der Waals surface area contributed by atoms with Crippen LogP contribution in [-0.4, -0.2) is 52.9 Å². The van der Waals surface area contributed by atoms with Crippen LogP contribution in [0.5, 0.6) is 0 Å². The van der Waals surface area contributed by atoms with Gasteiger partial charge in [-0.15, -0.1) is 0 Å². The van der Waals surface area contributed by atoms with Gasteiger partial charge < -0.3 is 20.8 Å². The van der Waals surface area contributed by atoms with E-state index in [1.54, 1.807) is 18.2 Å². The molecule has 0 radical (unpaired) electrons. The predicted octanol–water partition coefficient (Wildman–Crippen LogP) is 10.9. The maximum atomic E-state index is 12.1. The zero-order valence-electron chi connectivity index (χ0n) is 32.6. The number of aliphatic hydroxyl groups is 2. The Kier molecular flexibility index (Phi) is 41.0. The van der Waals surface area contributed by atoms with Crippen molar-refractivity contribution >= 4 is 13.6 Å². The summed E-state index contributed by atoms with van der Waals surface area (Å²) in [5.74, 6) is -0.614. The van der Waals surface area contributed by atoms with E-state index in [9.17, 15) is 14.3 Å². The fourth-order valence-corrected chi connectivity index (χ4v) is 5.82. The zero-order chi connectivity index (χ0) is 38.1. The molecule has 0 aromatic heterocycles. The van der Waals surface area contributed by atoms with Gasteiger partial charge in [-0.2, -0.15) is 0 Å². The predicted molar refractivity (Wildman–Crippen MR) is 217 cm³/mol. The molecule has 0 spiro atoms. The number of hydrogen-bond acceptors (Lipinski definition) is 7. The second-order valence-corrected chi connectivity index (χ2v) is 14.4. The summed E-state index contributed by atoms with van der Waals surface area (Å²) in [6.07, 6.45) is 48.1. The van der Waals surface area contributed by atoms with Gasteiger partial charge >= 0.3 is 7.82 Å². The van der Waals surface area contributed by atoms with Crippen molar-refractivity contribution < 1.29 is 33.5 Å². The van der Waals surface area contributed by atoms with E-state index in [1.807, 2.05) is 30.4 Å². The van der Waals surface area contributed by atoms with Crippen molar-refractivity contribution in [3.63, 3.8) is 0 Å². The highest BCUT2D eigenvalue weighted by Gasteiger charge is 2.29. The number of phosphoric ester groups is 1. The zero-order valence-corrected chi connectivity index (χ0v) is 33.4. The smallest absolute Gasteiger partial charge is 0.394 e. The molecule has 0 heterocycles. The van der Waals surface area contributed by atoms with Gasteiger partial charge in [0.2, 0.25) is 0 Å². The first-order valence-corrected chi connectivity index (χ1v) is 21.5. The number of carbonyl (C=O) groups excluding carboxylic acids is 1. The summed E-state index contributed by atoms with van der Waals surface area (Å²) in [6, 6.07) is 0. The highest BCUT2D eigenvalue weighted by molar-refractivity contribution is 7.47. The van der Waals surface area contributed by atoms with E-state index in [4.69, 9.17) is 20.5 Å². The summed E-state index contributed by atoms with van der Waals surface area (Å²) < 4.78 is 21.1. The molecule has 51 heavy (non-hydrogen) atoms. The lowest BCUT2D eigenvalue weighted by Crippen LogP contribution is -2.31. The third-order valence-electron chi connectivity index (χ3n) is 8.01. The maximum Gasteiger partial charge on any atom is 0.473 e. The van der Waals surface area contributed by atoms with Crippen molar-refractivity contribution in [1.29, 1.82) is 0 Å². The lowest BCUT2D eigenvalue weighted by Gasteiger charge is -2.18. The fourth-order valence-electron chi connectivity index (χ4n) is 4.89. The van der Waals surface area contributed by atoms with Crippen molar-refractivity contribution in [2.75, 3.05) is 19.8 Å². The highest BCUT2D eigenvalue weighted by Crippen LogP contribution is 2.44. The Labute approximate surface area is 312 Å². The summed E-state index contributed by atoms with van der Waals surface area (Å²) >= 11 is 0. The number of rotatable bonds is 34. The molecule has 0 amide bonds. The minimum absolute atomic E-state index is 0.337. The number of carbonyl (C=O) groups is 1. The van der Waals surface area contributed by atoms with Crippen molar-refractivity contribution in [1.82, 2.24) is 0 Å². The molecule has 296 valence electrons. The molecule has 0 saturated carbocycles. The fraction of sp³-hybridized carbons (Fsp3) is 0.690. The second kappa shape index (κ2) is 40.9. The molecule has 0 aromatic carbocycles. The van der Waals surface area contributed by atoms with Crippen LogP contribution in [0.2, 0.25) is 0 Å². The second-order valence-electron chi connectivity index (χ2n) is 13.0. The molecule has 3 unspecified atom stereocenters. The average Bonchev–Trinajstić information content (AvgIpc) is 3.13. The molecule has 0 aromatic rings. The number of aliphatic hydroxyl groups excluding tert-OH is 2. The van der Waals surface area contributed by atoms with E-state index in [-0.39, 0.29) is 6.54 Å². The molecule has 0 bridgehead atoms. The first kappa shape index (κ1) is 51.2. The number of nitrogens with two attached hydrogens (primary N) is 1. The molecule has 0 fully saturated rings. The average molecular weight is 738 g/mol. The quantitative estimate of drug-likeness (QED) is 0.0221. The van der Waals surface area contributed by atoms with Gasteiger partial charge in [0.25, 0.3) is 0 Å². The van der Waals surface area contributed by atoms with E-state index in [0.29, 0.717) is 0 Å². The first-order valence-electron chi connectivity index (χ1n) is 20.0. The molecule has 3 atom stereocenters. The van der Waals surface area contributed by atoms with E-state index >= 15 is 0 Å². The van der Waals surface area contributed by atoms with E-state index < -0.39 is 39.0 Å². The lowest BCUT2D eigenvalue weighted by atomic mass is 10.1. The molecule has 0 aliphatic heterocycles. The van der Waals surface area contributed by atoms with Gasteiger partial charge in [-0.3, -0.25) is 13.8 Å². The lowest BCUT2D eigenvalue weighted by molar-refractivity contribution is -0.121. The monoisotopic (exact) mass is 738 g/mol. The van der Waals surface area contributed by atoms with Crippen LogP contribution in [0.3, 0.4) is 0 Å². The molecule has 0 aliphatic carbocycles. The SMILES string of the molecule is CCCCCCCCCC=CC=CC=CC=CC=CC=CC(=O)C(CN)OP(=O)(O)OCC(O)CO.CCCCCCCCCCCCCCC. The van der Waals surface area contributed by atoms with Crippen LogP contribution in [0, 0.1) is 0 Å². The minimum atomic E-state index is -4.62. The molecule has 9 heteroatoms. The number of ketones is 1. The van der Waals surface area contributed by atoms with Gasteiger partial charge in [0.1, 0.15) is 12.2 Å². The molecule has 5 N–H and O–H groups in total. The Morgan fingerprint density at radius 2 is 1.00 bits per heavy atom. The summed E-state index contributed by atoms with van der Waals surface area (Å²) in [6.45, 7) is 5.20. The van der Waals surface area contributed by atoms with Crippen LogP contribution < -0.4 is 5.73 Å². The van der Waals surface area contributed by atoms with Gasteiger partial charge in [0, 0.05) is 6.54 Å². The number of unbranched alkanes of at least 4 members (excludes halogenated alkanes) is 19. The van der Waals surface area contributed by atoms with E-state index in [1.165, 1.54) is 141 Å². The summed E-state index contributed by atoms with van der Waals surface area (Å²) in [5, 5.41) is 17.8. The van der Waals surface area contributed by atoms with Crippen LogP contribution in [0.15, 0.2) is 72.9 Å². The Hall–Kier alpha value is -1.90. The van der Waals surface area contributed by atoms with Gasteiger partial charge in [-0.25, -0.2) is 4.57 Å². The van der Waals surface area contributed by atoms with Gasteiger partial charge in [0.05, 0.1) is 13.2 Å². The van der Waals surface area contributed by atoms with Crippen LogP contribution >= 0.6 is 7.82 Å². The first-order chi connectivity index (χ1) is 24.8. The van der Waals surface area contributed by atoms with Crippen LogP contribution in [-0.2, 0) is 18.4 Å². The molecule has 8 nitrogen and oxygen atoms in total. The topological polar surface area (TPSA) is 139 Å². The van der Waals surface area contributed by atoms with Crippen LogP contribution in [0.4, 0.5) is 0 Å². The van der Waals surface area contributed by atoms with Crippen molar-refractivity contribution in [3.05, 3.63) is 72.9 Å². The molecule has 0 rings (SSSR count). The largest absolute Gasteiger partial charge is 0.473 e.